The van der Waals surface area contributed by atoms with Crippen LogP contribution in [0.4, 0.5) is 0 Å². The lowest BCUT2D eigenvalue weighted by atomic mass is 10.0. The molecule has 0 aliphatic carbocycles. The van der Waals surface area contributed by atoms with Crippen molar-refractivity contribution in [2.45, 2.75) is 45.1 Å². The van der Waals surface area contributed by atoms with Crippen molar-refractivity contribution >= 4 is 5.91 Å². The summed E-state index contributed by atoms with van der Waals surface area (Å²) < 4.78 is 0. The van der Waals surface area contributed by atoms with Crippen molar-refractivity contribution < 1.29 is 4.79 Å². The fraction of sp³-hybridized carbons (Fsp3) is 0.692. The molecule has 1 saturated heterocycles. The number of carbonyl (C=O) groups excluding carboxylic acids is 1. The van der Waals surface area contributed by atoms with Crippen molar-refractivity contribution in [1.29, 1.82) is 0 Å². The highest BCUT2D eigenvalue weighted by Gasteiger charge is 2.19. The van der Waals surface area contributed by atoms with E-state index in [0.717, 1.165) is 44.5 Å². The van der Waals surface area contributed by atoms with Crippen LogP contribution in [-0.2, 0) is 11.2 Å². The number of aromatic amines is 1. The summed E-state index contributed by atoms with van der Waals surface area (Å²) in [5.74, 6) is 0.151. The number of piperidine rings is 1. The second-order valence-corrected chi connectivity index (χ2v) is 4.92. The van der Waals surface area contributed by atoms with E-state index in [9.17, 15) is 4.79 Å². The Balaban J connectivity index is 1.63. The average Bonchev–Trinajstić information content (AvgIpc) is 2.81. The summed E-state index contributed by atoms with van der Waals surface area (Å²) in [5.41, 5.74) is 2.36. The molecule has 0 aromatic carbocycles. The predicted octanol–water partition coefficient (Wildman–Crippen LogP) is 0.909. The first-order valence-electron chi connectivity index (χ1n) is 6.77. The molecule has 2 rings (SSSR count). The van der Waals surface area contributed by atoms with Gasteiger partial charge in [0.25, 0.3) is 0 Å². The van der Waals surface area contributed by atoms with Gasteiger partial charge in [-0.05, 0) is 44.7 Å². The topological polar surface area (TPSA) is 69.8 Å². The Bertz CT molecular complexity index is 382. The molecular formula is C13H22N4O. The Kier molecular flexibility index (Phi) is 4.75. The zero-order chi connectivity index (χ0) is 12.8. The number of amides is 1. The summed E-state index contributed by atoms with van der Waals surface area (Å²) in [6.07, 6.45) is 7.08. The summed E-state index contributed by atoms with van der Waals surface area (Å²) >= 11 is 0. The fourth-order valence-corrected chi connectivity index (χ4v) is 2.32. The lowest BCUT2D eigenvalue weighted by Gasteiger charge is -2.22. The second kappa shape index (κ2) is 6.54. The number of nitrogens with zero attached hydrogens (tertiary/aromatic N) is 1. The molecule has 2 heterocycles. The molecule has 1 amide bonds. The monoisotopic (exact) mass is 250 g/mol. The minimum absolute atomic E-state index is 0.0226. The normalized spacial score (nSPS) is 19.7. The maximum absolute atomic E-state index is 11.8. The van der Waals surface area contributed by atoms with E-state index in [1.165, 1.54) is 12.0 Å². The van der Waals surface area contributed by atoms with Crippen molar-refractivity contribution in [3.8, 4) is 0 Å². The van der Waals surface area contributed by atoms with Crippen molar-refractivity contribution in [3.63, 3.8) is 0 Å². The van der Waals surface area contributed by atoms with Gasteiger partial charge in [-0.3, -0.25) is 9.89 Å². The SMILES string of the molecule is Cc1[nH]ncc1CCCNC(=O)[C@H]1CCCCN1. The molecule has 3 N–H and O–H groups in total. The van der Waals surface area contributed by atoms with E-state index in [1.807, 2.05) is 13.1 Å². The largest absolute Gasteiger partial charge is 0.355 e. The van der Waals surface area contributed by atoms with Crippen LogP contribution in [0.5, 0.6) is 0 Å². The molecule has 100 valence electrons. The highest BCUT2D eigenvalue weighted by atomic mass is 16.2. The Morgan fingerprint density at radius 1 is 1.56 bits per heavy atom. The van der Waals surface area contributed by atoms with E-state index in [4.69, 9.17) is 0 Å². The first kappa shape index (κ1) is 13.1. The Morgan fingerprint density at radius 3 is 3.11 bits per heavy atom. The van der Waals surface area contributed by atoms with E-state index in [0.29, 0.717) is 0 Å². The molecule has 1 atom stereocenters. The smallest absolute Gasteiger partial charge is 0.237 e. The molecule has 1 aliphatic rings. The molecule has 1 aromatic heterocycles. The van der Waals surface area contributed by atoms with Crippen LogP contribution in [0, 0.1) is 6.92 Å². The van der Waals surface area contributed by atoms with E-state index in [1.54, 1.807) is 0 Å². The number of hydrogen-bond donors (Lipinski definition) is 3. The molecule has 5 nitrogen and oxygen atoms in total. The molecule has 1 fully saturated rings. The number of hydrogen-bond acceptors (Lipinski definition) is 3. The van der Waals surface area contributed by atoms with Gasteiger partial charge in [0.15, 0.2) is 0 Å². The van der Waals surface area contributed by atoms with Gasteiger partial charge in [-0.15, -0.1) is 0 Å². The molecule has 18 heavy (non-hydrogen) atoms. The van der Waals surface area contributed by atoms with Crippen LogP contribution in [0.1, 0.15) is 36.9 Å². The lowest BCUT2D eigenvalue weighted by Crippen LogP contribution is -2.46. The molecule has 5 heteroatoms. The summed E-state index contributed by atoms with van der Waals surface area (Å²) in [4.78, 5) is 11.8. The number of aryl methyl sites for hydroxylation is 2. The Morgan fingerprint density at radius 2 is 2.44 bits per heavy atom. The number of rotatable bonds is 5. The quantitative estimate of drug-likeness (QED) is 0.680. The van der Waals surface area contributed by atoms with Gasteiger partial charge in [-0.1, -0.05) is 6.42 Å². The minimum atomic E-state index is 0.0226. The van der Waals surface area contributed by atoms with Gasteiger partial charge in [0.1, 0.15) is 0 Å². The average molecular weight is 250 g/mol. The zero-order valence-corrected chi connectivity index (χ0v) is 11.0. The molecular weight excluding hydrogens is 228 g/mol. The van der Waals surface area contributed by atoms with Crippen LogP contribution < -0.4 is 10.6 Å². The summed E-state index contributed by atoms with van der Waals surface area (Å²) in [6.45, 7) is 3.72. The Labute approximate surface area is 108 Å². The minimum Gasteiger partial charge on any atom is -0.355 e. The number of nitrogens with one attached hydrogen (secondary N) is 3. The summed E-state index contributed by atoms with van der Waals surface area (Å²) in [6, 6.07) is 0.0226. The van der Waals surface area contributed by atoms with Gasteiger partial charge in [-0.25, -0.2) is 0 Å². The zero-order valence-electron chi connectivity index (χ0n) is 11.0. The highest BCUT2D eigenvalue weighted by Crippen LogP contribution is 2.07. The van der Waals surface area contributed by atoms with Crippen LogP contribution in [0.25, 0.3) is 0 Å². The highest BCUT2D eigenvalue weighted by molar-refractivity contribution is 5.81. The standard InChI is InChI=1S/C13H22N4O/c1-10-11(9-16-17-10)5-4-8-15-13(18)12-6-2-3-7-14-12/h9,12,14H,2-8H2,1H3,(H,15,18)(H,16,17)/t12-/m1/s1. The van der Waals surface area contributed by atoms with Gasteiger partial charge in [0, 0.05) is 12.2 Å². The molecule has 0 saturated carbocycles. The molecule has 1 aromatic rings. The third-order valence-corrected chi connectivity index (χ3v) is 3.48. The van der Waals surface area contributed by atoms with E-state index < -0.39 is 0 Å². The van der Waals surface area contributed by atoms with Crippen LogP contribution in [0.3, 0.4) is 0 Å². The van der Waals surface area contributed by atoms with Crippen molar-refractivity contribution in [2.24, 2.45) is 0 Å². The molecule has 0 spiro atoms. The molecule has 1 aliphatic heterocycles. The maximum Gasteiger partial charge on any atom is 0.237 e. The van der Waals surface area contributed by atoms with Crippen molar-refractivity contribution in [2.75, 3.05) is 13.1 Å². The first-order chi connectivity index (χ1) is 8.77. The van der Waals surface area contributed by atoms with Crippen molar-refractivity contribution in [3.05, 3.63) is 17.5 Å². The van der Waals surface area contributed by atoms with Crippen LogP contribution in [0.15, 0.2) is 6.20 Å². The van der Waals surface area contributed by atoms with Gasteiger partial charge in [0.05, 0.1) is 12.2 Å². The summed E-state index contributed by atoms with van der Waals surface area (Å²) in [5, 5.41) is 13.2. The lowest BCUT2D eigenvalue weighted by molar-refractivity contribution is -0.123. The predicted molar refractivity (Wildman–Crippen MR) is 70.3 cm³/mol. The molecule has 0 unspecified atom stereocenters. The molecule has 0 radical (unpaired) electrons. The third-order valence-electron chi connectivity index (χ3n) is 3.48. The molecule has 0 bridgehead atoms. The van der Waals surface area contributed by atoms with E-state index >= 15 is 0 Å². The van der Waals surface area contributed by atoms with Crippen LogP contribution in [-0.4, -0.2) is 35.2 Å². The number of carbonyl (C=O) groups is 1. The number of H-pyrrole nitrogens is 1. The van der Waals surface area contributed by atoms with Gasteiger partial charge in [0.2, 0.25) is 5.91 Å². The fourth-order valence-electron chi connectivity index (χ4n) is 2.32. The van der Waals surface area contributed by atoms with Gasteiger partial charge < -0.3 is 10.6 Å². The Hall–Kier alpha value is -1.36. The third kappa shape index (κ3) is 3.57. The van der Waals surface area contributed by atoms with Gasteiger partial charge >= 0.3 is 0 Å². The van der Waals surface area contributed by atoms with Gasteiger partial charge in [-0.2, -0.15) is 5.10 Å². The van der Waals surface area contributed by atoms with Crippen LogP contribution in [0.2, 0.25) is 0 Å². The summed E-state index contributed by atoms with van der Waals surface area (Å²) in [7, 11) is 0. The van der Waals surface area contributed by atoms with E-state index in [2.05, 4.69) is 20.8 Å². The van der Waals surface area contributed by atoms with Crippen molar-refractivity contribution in [1.82, 2.24) is 20.8 Å². The first-order valence-corrected chi connectivity index (χ1v) is 6.77. The second-order valence-electron chi connectivity index (χ2n) is 4.92. The maximum atomic E-state index is 11.8. The number of aromatic nitrogens is 2. The van der Waals surface area contributed by atoms with E-state index in [-0.39, 0.29) is 11.9 Å². The van der Waals surface area contributed by atoms with Crippen LogP contribution >= 0.6 is 0 Å².